The van der Waals surface area contributed by atoms with Crippen LogP contribution in [0.15, 0.2) is 30.6 Å². The van der Waals surface area contributed by atoms with E-state index in [2.05, 4.69) is 21.0 Å². The molecule has 0 unspecified atom stereocenters. The number of likely N-dealkylation sites (tertiary alicyclic amines) is 2. The van der Waals surface area contributed by atoms with E-state index < -0.39 is 0 Å². The fourth-order valence-electron chi connectivity index (χ4n) is 4.52. The van der Waals surface area contributed by atoms with Crippen LogP contribution in [0.25, 0.3) is 0 Å². The average molecular weight is 367 g/mol. The molecule has 4 heterocycles. The van der Waals surface area contributed by atoms with E-state index >= 15 is 0 Å². The Hall–Kier alpha value is -2.21. The summed E-state index contributed by atoms with van der Waals surface area (Å²) in [5, 5.41) is 4.36. The van der Waals surface area contributed by atoms with Gasteiger partial charge < -0.3 is 4.90 Å². The van der Waals surface area contributed by atoms with E-state index in [-0.39, 0.29) is 5.91 Å². The van der Waals surface area contributed by atoms with Crippen molar-refractivity contribution in [3.8, 4) is 0 Å². The number of nitrogens with zero attached hydrogens (tertiary/aromatic N) is 5. The lowest BCUT2D eigenvalue weighted by atomic mass is 9.83. The van der Waals surface area contributed by atoms with Gasteiger partial charge >= 0.3 is 0 Å². The Morgan fingerprint density at radius 2 is 1.96 bits per heavy atom. The van der Waals surface area contributed by atoms with E-state index in [1.807, 2.05) is 43.4 Å². The Kier molecular flexibility index (Phi) is 5.25. The van der Waals surface area contributed by atoms with Crippen LogP contribution in [0.2, 0.25) is 0 Å². The Morgan fingerprint density at radius 1 is 1.19 bits per heavy atom. The molecule has 2 fully saturated rings. The number of amides is 1. The molecule has 2 aliphatic heterocycles. The van der Waals surface area contributed by atoms with Gasteiger partial charge in [-0.2, -0.15) is 5.10 Å². The summed E-state index contributed by atoms with van der Waals surface area (Å²) in [7, 11) is 1.89. The van der Waals surface area contributed by atoms with Crippen molar-refractivity contribution >= 4 is 5.91 Å². The Balaban J connectivity index is 1.28. The summed E-state index contributed by atoms with van der Waals surface area (Å²) in [4.78, 5) is 21.5. The molecule has 2 aliphatic rings. The summed E-state index contributed by atoms with van der Waals surface area (Å²) in [5.41, 5.74) is 2.90. The van der Waals surface area contributed by atoms with E-state index in [0.717, 1.165) is 50.8 Å². The van der Waals surface area contributed by atoms with Gasteiger partial charge in [0, 0.05) is 44.8 Å². The van der Waals surface area contributed by atoms with Crippen molar-refractivity contribution in [1.29, 1.82) is 0 Å². The second-order valence-corrected chi connectivity index (χ2v) is 8.07. The fourth-order valence-corrected chi connectivity index (χ4v) is 4.52. The molecule has 1 atom stereocenters. The molecule has 0 spiro atoms. The first-order valence-electron chi connectivity index (χ1n) is 10.0. The van der Waals surface area contributed by atoms with Gasteiger partial charge in [0.2, 0.25) is 0 Å². The highest BCUT2D eigenvalue weighted by Gasteiger charge is 2.34. The number of rotatable bonds is 4. The predicted molar refractivity (Wildman–Crippen MR) is 104 cm³/mol. The highest BCUT2D eigenvalue weighted by atomic mass is 16.2. The maximum absolute atomic E-state index is 12.7. The first-order chi connectivity index (χ1) is 13.1. The summed E-state index contributed by atoms with van der Waals surface area (Å²) < 4.78 is 1.78. The van der Waals surface area contributed by atoms with Gasteiger partial charge in [-0.1, -0.05) is 6.07 Å². The topological polar surface area (TPSA) is 54.3 Å². The van der Waals surface area contributed by atoms with Crippen molar-refractivity contribution < 1.29 is 4.79 Å². The number of hydrogen-bond donors (Lipinski definition) is 0. The predicted octanol–water partition coefficient (Wildman–Crippen LogP) is 2.50. The van der Waals surface area contributed by atoms with Crippen LogP contribution in [0, 0.1) is 18.8 Å². The molecular formula is C21H29N5O. The third kappa shape index (κ3) is 4.05. The van der Waals surface area contributed by atoms with E-state index in [0.29, 0.717) is 11.6 Å². The van der Waals surface area contributed by atoms with Gasteiger partial charge in [0.1, 0.15) is 0 Å². The minimum Gasteiger partial charge on any atom is -0.337 e. The second kappa shape index (κ2) is 7.80. The van der Waals surface area contributed by atoms with Crippen molar-refractivity contribution in [2.75, 3.05) is 26.2 Å². The van der Waals surface area contributed by atoms with Gasteiger partial charge in [0.25, 0.3) is 5.91 Å². The molecule has 4 rings (SSSR count). The van der Waals surface area contributed by atoms with Crippen LogP contribution >= 0.6 is 0 Å². The summed E-state index contributed by atoms with van der Waals surface area (Å²) in [6, 6.07) is 6.06. The highest BCUT2D eigenvalue weighted by Crippen LogP contribution is 2.32. The standard InChI is InChI=1S/C21H29N5O/c1-16-12-20(23-24(16)2)21(27)26-11-7-19(15-26)18-5-9-25(10-6-18)14-17-4-3-8-22-13-17/h3-4,8,12-13,18-19H,5-7,9-11,14-15H2,1-2H3/t19-/m1/s1. The van der Waals surface area contributed by atoms with Crippen molar-refractivity contribution in [3.05, 3.63) is 47.5 Å². The minimum atomic E-state index is 0.0928. The lowest BCUT2D eigenvalue weighted by molar-refractivity contribution is 0.0766. The van der Waals surface area contributed by atoms with Crippen LogP contribution in [0.1, 0.15) is 41.0 Å². The SMILES string of the molecule is Cc1cc(C(=O)N2CC[C@@H](C3CCN(Cc4cccnc4)CC3)C2)nn1C. The number of piperidine rings is 1. The van der Waals surface area contributed by atoms with E-state index in [4.69, 9.17) is 0 Å². The number of aryl methyl sites for hydroxylation is 2. The number of carbonyl (C=O) groups is 1. The van der Waals surface area contributed by atoms with Crippen molar-refractivity contribution in [2.24, 2.45) is 18.9 Å². The van der Waals surface area contributed by atoms with E-state index in [9.17, 15) is 4.79 Å². The fraction of sp³-hybridized carbons (Fsp3) is 0.571. The molecule has 144 valence electrons. The summed E-state index contributed by atoms with van der Waals surface area (Å²) in [5.74, 6) is 1.47. The van der Waals surface area contributed by atoms with Crippen molar-refractivity contribution in [2.45, 2.75) is 32.7 Å². The number of hydrogen-bond acceptors (Lipinski definition) is 4. The van der Waals surface area contributed by atoms with Gasteiger partial charge in [0.15, 0.2) is 5.69 Å². The first kappa shape index (κ1) is 18.2. The molecule has 0 N–H and O–H groups in total. The minimum absolute atomic E-state index is 0.0928. The van der Waals surface area contributed by atoms with Gasteiger partial charge in [-0.25, -0.2) is 0 Å². The average Bonchev–Trinajstić information content (AvgIpc) is 3.30. The third-order valence-electron chi connectivity index (χ3n) is 6.27. The number of carbonyl (C=O) groups excluding carboxylic acids is 1. The smallest absolute Gasteiger partial charge is 0.274 e. The van der Waals surface area contributed by atoms with Crippen molar-refractivity contribution in [3.63, 3.8) is 0 Å². The lowest BCUT2D eigenvalue weighted by Gasteiger charge is -2.34. The monoisotopic (exact) mass is 367 g/mol. The van der Waals surface area contributed by atoms with Crippen LogP contribution < -0.4 is 0 Å². The molecule has 0 aromatic carbocycles. The normalized spacial score (nSPS) is 21.7. The maximum atomic E-state index is 12.7. The van der Waals surface area contributed by atoms with Crippen LogP contribution in [0.5, 0.6) is 0 Å². The van der Waals surface area contributed by atoms with E-state index in [1.165, 1.54) is 18.4 Å². The zero-order chi connectivity index (χ0) is 18.8. The molecule has 0 aliphatic carbocycles. The summed E-state index contributed by atoms with van der Waals surface area (Å²) >= 11 is 0. The third-order valence-corrected chi connectivity index (χ3v) is 6.27. The molecule has 2 aromatic rings. The van der Waals surface area contributed by atoms with Crippen LogP contribution in [-0.4, -0.2) is 56.7 Å². The molecule has 27 heavy (non-hydrogen) atoms. The Labute approximate surface area is 161 Å². The number of pyridine rings is 1. The lowest BCUT2D eigenvalue weighted by Crippen LogP contribution is -2.37. The zero-order valence-electron chi connectivity index (χ0n) is 16.3. The highest BCUT2D eigenvalue weighted by molar-refractivity contribution is 5.92. The molecule has 6 heteroatoms. The van der Waals surface area contributed by atoms with Crippen LogP contribution in [-0.2, 0) is 13.6 Å². The zero-order valence-corrected chi connectivity index (χ0v) is 16.3. The molecule has 0 radical (unpaired) electrons. The Bertz CT molecular complexity index is 760. The molecule has 0 bridgehead atoms. The van der Waals surface area contributed by atoms with Crippen LogP contribution in [0.4, 0.5) is 0 Å². The van der Waals surface area contributed by atoms with Gasteiger partial charge in [-0.15, -0.1) is 0 Å². The van der Waals surface area contributed by atoms with Crippen LogP contribution in [0.3, 0.4) is 0 Å². The molecule has 6 nitrogen and oxygen atoms in total. The van der Waals surface area contributed by atoms with Gasteiger partial charge in [0.05, 0.1) is 0 Å². The summed E-state index contributed by atoms with van der Waals surface area (Å²) in [6.45, 7) is 7.02. The second-order valence-electron chi connectivity index (χ2n) is 8.07. The quantitative estimate of drug-likeness (QED) is 0.833. The largest absolute Gasteiger partial charge is 0.337 e. The van der Waals surface area contributed by atoms with Gasteiger partial charge in [-0.3, -0.25) is 19.4 Å². The van der Waals surface area contributed by atoms with E-state index in [1.54, 1.807) is 4.68 Å². The van der Waals surface area contributed by atoms with Crippen molar-refractivity contribution in [1.82, 2.24) is 24.6 Å². The molecular weight excluding hydrogens is 338 g/mol. The molecule has 2 aromatic heterocycles. The Morgan fingerprint density at radius 3 is 2.63 bits per heavy atom. The summed E-state index contributed by atoms with van der Waals surface area (Å²) in [6.07, 6.45) is 7.39. The number of aromatic nitrogens is 3. The van der Waals surface area contributed by atoms with Gasteiger partial charge in [-0.05, 0) is 68.8 Å². The maximum Gasteiger partial charge on any atom is 0.274 e. The molecule has 1 amide bonds. The molecule has 2 saturated heterocycles. The molecule has 0 saturated carbocycles. The first-order valence-corrected chi connectivity index (χ1v) is 10.0.